The standard InChI is InChI=1S/C23H33NO4/c25-21(18-12-14-23(28,15-13-18)16-22(26)27)9-3-1-2-7-19-11-10-17-6-4-5-8-20(17)24-19/h10-11,18,28H,1-9,12-16H2,(H,26,27). The third kappa shape index (κ3) is 5.87. The van der Waals surface area contributed by atoms with Crippen molar-refractivity contribution in [1.29, 1.82) is 0 Å². The average molecular weight is 388 g/mol. The zero-order chi connectivity index (χ0) is 20.0. The van der Waals surface area contributed by atoms with Crippen LogP contribution < -0.4 is 0 Å². The van der Waals surface area contributed by atoms with Gasteiger partial charge in [0.05, 0.1) is 12.0 Å². The number of carboxylic acids is 1. The normalized spacial score (nSPS) is 24.5. The SMILES string of the molecule is O=C(O)CC1(O)CCC(C(=O)CCCCCc2ccc3c(n2)CCCC3)CC1. The monoisotopic (exact) mass is 387 g/mol. The van der Waals surface area contributed by atoms with Gasteiger partial charge in [-0.2, -0.15) is 0 Å². The van der Waals surface area contributed by atoms with Crippen molar-refractivity contribution in [3.05, 3.63) is 29.1 Å². The summed E-state index contributed by atoms with van der Waals surface area (Å²) >= 11 is 0. The molecule has 1 heterocycles. The Morgan fingerprint density at radius 1 is 1.07 bits per heavy atom. The molecule has 0 atom stereocenters. The summed E-state index contributed by atoms with van der Waals surface area (Å²) in [6.45, 7) is 0. The summed E-state index contributed by atoms with van der Waals surface area (Å²) < 4.78 is 0. The third-order valence-electron chi connectivity index (χ3n) is 6.44. The van der Waals surface area contributed by atoms with E-state index in [1.807, 2.05) is 0 Å². The summed E-state index contributed by atoms with van der Waals surface area (Å²) in [4.78, 5) is 28.1. The molecule has 1 aromatic rings. The Hall–Kier alpha value is -1.75. The maximum absolute atomic E-state index is 12.4. The van der Waals surface area contributed by atoms with E-state index >= 15 is 0 Å². The first-order valence-electron chi connectivity index (χ1n) is 10.9. The van der Waals surface area contributed by atoms with Crippen LogP contribution in [0.15, 0.2) is 12.1 Å². The van der Waals surface area contributed by atoms with Crippen LogP contribution in [-0.4, -0.2) is 32.6 Å². The van der Waals surface area contributed by atoms with Gasteiger partial charge in [-0.05, 0) is 82.3 Å². The zero-order valence-corrected chi connectivity index (χ0v) is 16.8. The Balaban J connectivity index is 1.32. The van der Waals surface area contributed by atoms with Crippen molar-refractivity contribution >= 4 is 11.8 Å². The molecule has 1 aromatic heterocycles. The summed E-state index contributed by atoms with van der Waals surface area (Å²) in [6.07, 6.45) is 11.2. The Bertz CT molecular complexity index is 692. The first-order valence-corrected chi connectivity index (χ1v) is 10.9. The van der Waals surface area contributed by atoms with Crippen LogP contribution in [0.2, 0.25) is 0 Å². The highest BCUT2D eigenvalue weighted by Crippen LogP contribution is 2.35. The molecular formula is C23H33NO4. The maximum Gasteiger partial charge on any atom is 0.306 e. The van der Waals surface area contributed by atoms with Crippen molar-refractivity contribution in [3.63, 3.8) is 0 Å². The van der Waals surface area contributed by atoms with Crippen molar-refractivity contribution < 1.29 is 19.8 Å². The molecule has 154 valence electrons. The number of unbranched alkanes of at least 4 members (excludes halogenated alkanes) is 2. The summed E-state index contributed by atoms with van der Waals surface area (Å²) in [5.74, 6) is -0.693. The van der Waals surface area contributed by atoms with Crippen LogP contribution >= 0.6 is 0 Å². The average Bonchev–Trinajstić information content (AvgIpc) is 2.67. The number of carboxylic acid groups (broad SMARTS) is 1. The lowest BCUT2D eigenvalue weighted by atomic mass is 9.75. The highest BCUT2D eigenvalue weighted by atomic mass is 16.4. The number of hydrogen-bond donors (Lipinski definition) is 2. The van der Waals surface area contributed by atoms with Gasteiger partial charge >= 0.3 is 5.97 Å². The van der Waals surface area contributed by atoms with E-state index in [2.05, 4.69) is 12.1 Å². The lowest BCUT2D eigenvalue weighted by molar-refractivity contribution is -0.144. The number of fused-ring (bicyclic) bond motifs is 1. The predicted molar refractivity (Wildman–Crippen MR) is 107 cm³/mol. The Morgan fingerprint density at radius 2 is 1.82 bits per heavy atom. The van der Waals surface area contributed by atoms with Crippen molar-refractivity contribution in [2.45, 2.75) is 95.5 Å². The largest absolute Gasteiger partial charge is 0.481 e. The number of carbonyl (C=O) groups is 2. The third-order valence-corrected chi connectivity index (χ3v) is 6.44. The van der Waals surface area contributed by atoms with E-state index in [4.69, 9.17) is 10.1 Å². The van der Waals surface area contributed by atoms with Crippen LogP contribution in [0.1, 0.15) is 87.6 Å². The molecule has 2 aliphatic carbocycles. The van der Waals surface area contributed by atoms with Gasteiger partial charge in [0.2, 0.25) is 0 Å². The fraction of sp³-hybridized carbons (Fsp3) is 0.696. The number of nitrogens with zero attached hydrogens (tertiary/aromatic N) is 1. The molecule has 3 rings (SSSR count). The lowest BCUT2D eigenvalue weighted by Crippen LogP contribution is -2.38. The van der Waals surface area contributed by atoms with Crippen LogP contribution in [0.5, 0.6) is 0 Å². The number of ketones is 1. The van der Waals surface area contributed by atoms with Gasteiger partial charge in [-0.3, -0.25) is 14.6 Å². The molecule has 1 saturated carbocycles. The van der Waals surface area contributed by atoms with E-state index in [9.17, 15) is 14.7 Å². The molecule has 0 bridgehead atoms. The first-order chi connectivity index (χ1) is 13.5. The number of carbonyl (C=O) groups excluding carboxylic acids is 1. The minimum atomic E-state index is -1.12. The van der Waals surface area contributed by atoms with Crippen LogP contribution in [-0.2, 0) is 28.9 Å². The van der Waals surface area contributed by atoms with Crippen LogP contribution in [0.25, 0.3) is 0 Å². The molecule has 28 heavy (non-hydrogen) atoms. The molecule has 0 aliphatic heterocycles. The minimum absolute atomic E-state index is 0.00335. The maximum atomic E-state index is 12.4. The van der Waals surface area contributed by atoms with Gasteiger partial charge in [-0.1, -0.05) is 12.5 Å². The van der Waals surface area contributed by atoms with E-state index < -0.39 is 11.6 Å². The van der Waals surface area contributed by atoms with Crippen molar-refractivity contribution in [2.24, 2.45) is 5.92 Å². The van der Waals surface area contributed by atoms with Crippen LogP contribution in [0, 0.1) is 5.92 Å². The number of rotatable bonds is 9. The van der Waals surface area contributed by atoms with Gasteiger partial charge in [-0.15, -0.1) is 0 Å². The molecule has 2 N–H and O–H groups in total. The summed E-state index contributed by atoms with van der Waals surface area (Å²) in [5.41, 5.74) is 2.77. The molecule has 5 nitrogen and oxygen atoms in total. The number of pyridine rings is 1. The lowest BCUT2D eigenvalue weighted by Gasteiger charge is -2.34. The van der Waals surface area contributed by atoms with Crippen molar-refractivity contribution in [2.75, 3.05) is 0 Å². The van der Waals surface area contributed by atoms with Crippen LogP contribution in [0.3, 0.4) is 0 Å². The highest BCUT2D eigenvalue weighted by Gasteiger charge is 2.36. The van der Waals surface area contributed by atoms with Gasteiger partial charge in [-0.25, -0.2) is 0 Å². The summed E-state index contributed by atoms with van der Waals surface area (Å²) in [6, 6.07) is 4.41. The fourth-order valence-electron chi connectivity index (χ4n) is 4.69. The molecule has 0 amide bonds. The van der Waals surface area contributed by atoms with E-state index in [0.717, 1.165) is 32.1 Å². The van der Waals surface area contributed by atoms with Gasteiger partial charge < -0.3 is 10.2 Å². The van der Waals surface area contributed by atoms with E-state index in [1.165, 1.54) is 36.2 Å². The van der Waals surface area contributed by atoms with E-state index in [0.29, 0.717) is 32.1 Å². The summed E-state index contributed by atoms with van der Waals surface area (Å²) in [5, 5.41) is 19.2. The Kier molecular flexibility index (Phi) is 7.22. The molecule has 0 spiro atoms. The topological polar surface area (TPSA) is 87.5 Å². The molecule has 0 unspecified atom stereocenters. The molecule has 2 aliphatic rings. The van der Waals surface area contributed by atoms with Gasteiger partial charge in [0.1, 0.15) is 5.78 Å². The zero-order valence-electron chi connectivity index (χ0n) is 16.8. The Morgan fingerprint density at radius 3 is 2.57 bits per heavy atom. The fourth-order valence-corrected chi connectivity index (χ4v) is 4.69. The molecular weight excluding hydrogens is 354 g/mol. The number of aliphatic carboxylic acids is 1. The van der Waals surface area contributed by atoms with Crippen molar-refractivity contribution in [1.82, 2.24) is 4.98 Å². The number of aryl methyl sites for hydroxylation is 3. The first kappa shape index (κ1) is 21.0. The molecule has 0 radical (unpaired) electrons. The smallest absolute Gasteiger partial charge is 0.306 e. The second kappa shape index (κ2) is 9.64. The highest BCUT2D eigenvalue weighted by molar-refractivity contribution is 5.81. The number of aromatic nitrogens is 1. The van der Waals surface area contributed by atoms with Crippen LogP contribution in [0.4, 0.5) is 0 Å². The quantitative estimate of drug-likeness (QED) is 0.625. The number of hydrogen-bond acceptors (Lipinski definition) is 4. The second-order valence-electron chi connectivity index (χ2n) is 8.71. The van der Waals surface area contributed by atoms with Crippen molar-refractivity contribution in [3.8, 4) is 0 Å². The minimum Gasteiger partial charge on any atom is -0.481 e. The van der Waals surface area contributed by atoms with Gasteiger partial charge in [0.15, 0.2) is 0 Å². The van der Waals surface area contributed by atoms with Gasteiger partial charge in [0, 0.05) is 23.7 Å². The number of aliphatic hydroxyl groups is 1. The molecule has 0 saturated heterocycles. The summed E-state index contributed by atoms with van der Waals surface area (Å²) in [7, 11) is 0. The molecule has 0 aromatic carbocycles. The van der Waals surface area contributed by atoms with E-state index in [1.54, 1.807) is 0 Å². The van der Waals surface area contributed by atoms with Gasteiger partial charge in [0.25, 0.3) is 0 Å². The molecule has 1 fully saturated rings. The molecule has 5 heteroatoms. The predicted octanol–water partition coefficient (Wildman–Crippen LogP) is 4.03. The van der Waals surface area contributed by atoms with E-state index in [-0.39, 0.29) is 18.1 Å². The number of Topliss-reactive ketones (excluding diaryl/α,β-unsaturated/α-hetero) is 1. The second-order valence-corrected chi connectivity index (χ2v) is 8.71. The Labute approximate surface area is 167 Å².